The number of carbonyl (C=O) groups excluding carboxylic acids is 3. The Morgan fingerprint density at radius 1 is 0.974 bits per heavy atom. The van der Waals surface area contributed by atoms with Gasteiger partial charge in [0, 0.05) is 35.8 Å². The van der Waals surface area contributed by atoms with Crippen LogP contribution in [-0.4, -0.2) is 28.7 Å². The molecule has 198 valence electrons. The molecule has 1 aliphatic carbocycles. The molecule has 9 heteroatoms. The van der Waals surface area contributed by atoms with Crippen LogP contribution in [0.1, 0.15) is 56.6 Å². The Morgan fingerprint density at radius 2 is 1.68 bits per heavy atom. The minimum atomic E-state index is -0.992. The van der Waals surface area contributed by atoms with Crippen LogP contribution in [-0.2, 0) is 14.4 Å². The van der Waals surface area contributed by atoms with Gasteiger partial charge in [-0.15, -0.1) is 0 Å². The van der Waals surface area contributed by atoms with Crippen molar-refractivity contribution in [2.24, 2.45) is 0 Å². The van der Waals surface area contributed by atoms with Crippen molar-refractivity contribution in [3.63, 3.8) is 0 Å². The van der Waals surface area contributed by atoms with E-state index in [1.165, 1.54) is 29.2 Å². The standard InChI is InChI=1S/C29H30ClFN4O3/c30-21-13-11-20(12-14-21)28(29(38)33-23-6-1-2-7-23)35(24-17-15-22(31)16-18-24)27(37)10-5-9-26(36)34-25-8-3-4-19-32-25/h3-4,8,11-19,23,28H,1-2,5-7,9-10H2,(H,33,38)(H,32,34,36). The first-order valence-corrected chi connectivity index (χ1v) is 13.1. The Bertz CT molecular complexity index is 1230. The first kappa shape index (κ1) is 27.3. The summed E-state index contributed by atoms with van der Waals surface area (Å²) in [7, 11) is 0. The maximum atomic E-state index is 13.8. The summed E-state index contributed by atoms with van der Waals surface area (Å²) >= 11 is 6.10. The average Bonchev–Trinajstić information content (AvgIpc) is 3.42. The fourth-order valence-electron chi connectivity index (χ4n) is 4.61. The summed E-state index contributed by atoms with van der Waals surface area (Å²) in [5.74, 6) is -0.958. The largest absolute Gasteiger partial charge is 0.351 e. The molecule has 4 rings (SSSR count). The Morgan fingerprint density at radius 3 is 2.34 bits per heavy atom. The number of pyridine rings is 1. The summed E-state index contributed by atoms with van der Waals surface area (Å²) in [5, 5.41) is 6.30. The first-order chi connectivity index (χ1) is 18.4. The molecule has 1 unspecified atom stereocenters. The summed E-state index contributed by atoms with van der Waals surface area (Å²) in [5.41, 5.74) is 0.964. The molecule has 1 atom stereocenters. The molecule has 2 aromatic carbocycles. The molecule has 7 nitrogen and oxygen atoms in total. The molecule has 1 saturated carbocycles. The summed E-state index contributed by atoms with van der Waals surface area (Å²) < 4.78 is 13.8. The van der Waals surface area contributed by atoms with Gasteiger partial charge in [0.05, 0.1) is 0 Å². The van der Waals surface area contributed by atoms with Crippen LogP contribution in [0.15, 0.2) is 72.9 Å². The van der Waals surface area contributed by atoms with Gasteiger partial charge in [-0.2, -0.15) is 0 Å². The van der Waals surface area contributed by atoms with Gasteiger partial charge in [0.1, 0.15) is 17.7 Å². The molecule has 1 heterocycles. The molecule has 1 aromatic heterocycles. The number of rotatable bonds is 10. The number of anilines is 2. The minimum absolute atomic E-state index is 0.00775. The molecule has 0 spiro atoms. The van der Waals surface area contributed by atoms with Gasteiger partial charge in [0.25, 0.3) is 0 Å². The van der Waals surface area contributed by atoms with Crippen LogP contribution in [0.2, 0.25) is 5.02 Å². The van der Waals surface area contributed by atoms with E-state index in [0.717, 1.165) is 25.7 Å². The van der Waals surface area contributed by atoms with Gasteiger partial charge in [-0.25, -0.2) is 9.37 Å². The monoisotopic (exact) mass is 536 g/mol. The van der Waals surface area contributed by atoms with Crippen molar-refractivity contribution in [1.82, 2.24) is 10.3 Å². The number of halogens is 2. The number of hydrogen-bond donors (Lipinski definition) is 2. The van der Waals surface area contributed by atoms with Crippen LogP contribution >= 0.6 is 11.6 Å². The Balaban J connectivity index is 1.56. The van der Waals surface area contributed by atoms with Crippen molar-refractivity contribution in [3.05, 3.63) is 89.3 Å². The maximum Gasteiger partial charge on any atom is 0.248 e. The third kappa shape index (κ3) is 7.38. The third-order valence-electron chi connectivity index (χ3n) is 6.49. The predicted octanol–water partition coefficient (Wildman–Crippen LogP) is 5.82. The van der Waals surface area contributed by atoms with Gasteiger partial charge in [0.2, 0.25) is 17.7 Å². The van der Waals surface area contributed by atoms with E-state index in [1.54, 1.807) is 48.7 Å². The van der Waals surface area contributed by atoms with E-state index in [-0.39, 0.29) is 43.0 Å². The minimum Gasteiger partial charge on any atom is -0.351 e. The maximum absolute atomic E-state index is 13.8. The lowest BCUT2D eigenvalue weighted by Crippen LogP contribution is -2.46. The third-order valence-corrected chi connectivity index (χ3v) is 6.75. The first-order valence-electron chi connectivity index (χ1n) is 12.7. The highest BCUT2D eigenvalue weighted by atomic mass is 35.5. The number of nitrogens with one attached hydrogen (secondary N) is 2. The van der Waals surface area contributed by atoms with Crippen LogP contribution < -0.4 is 15.5 Å². The Kier molecular flexibility index (Phi) is 9.43. The Labute approximate surface area is 226 Å². The van der Waals surface area contributed by atoms with Crippen LogP contribution in [0, 0.1) is 5.82 Å². The fraction of sp³-hybridized carbons (Fsp3) is 0.310. The predicted molar refractivity (Wildman–Crippen MR) is 145 cm³/mol. The van der Waals surface area contributed by atoms with E-state index in [0.29, 0.717) is 22.1 Å². The number of amides is 3. The highest BCUT2D eigenvalue weighted by Crippen LogP contribution is 2.31. The molecule has 0 saturated heterocycles. The van der Waals surface area contributed by atoms with Crippen LogP contribution in [0.5, 0.6) is 0 Å². The second-order valence-corrected chi connectivity index (χ2v) is 9.74. The fourth-order valence-corrected chi connectivity index (χ4v) is 4.74. The van der Waals surface area contributed by atoms with E-state index >= 15 is 0 Å². The van der Waals surface area contributed by atoms with Crippen LogP contribution in [0.3, 0.4) is 0 Å². The molecule has 3 amide bonds. The van der Waals surface area contributed by atoms with Gasteiger partial charge in [-0.05, 0) is 73.4 Å². The lowest BCUT2D eigenvalue weighted by atomic mass is 10.0. The molecule has 38 heavy (non-hydrogen) atoms. The number of aromatic nitrogens is 1. The number of hydrogen-bond acceptors (Lipinski definition) is 4. The van der Waals surface area contributed by atoms with Gasteiger partial charge in [-0.1, -0.05) is 42.6 Å². The lowest BCUT2D eigenvalue weighted by Gasteiger charge is -2.32. The topological polar surface area (TPSA) is 91.4 Å². The summed E-state index contributed by atoms with van der Waals surface area (Å²) in [6.07, 6.45) is 5.78. The van der Waals surface area contributed by atoms with Crippen LogP contribution in [0.4, 0.5) is 15.9 Å². The highest BCUT2D eigenvalue weighted by molar-refractivity contribution is 6.30. The van der Waals surface area contributed by atoms with Crippen molar-refractivity contribution < 1.29 is 18.8 Å². The van der Waals surface area contributed by atoms with E-state index < -0.39 is 11.9 Å². The second-order valence-electron chi connectivity index (χ2n) is 9.30. The summed E-state index contributed by atoms with van der Waals surface area (Å²) in [6, 6.07) is 16.5. The molecule has 0 bridgehead atoms. The molecule has 1 aliphatic rings. The lowest BCUT2D eigenvalue weighted by molar-refractivity contribution is -0.127. The van der Waals surface area contributed by atoms with Crippen molar-refractivity contribution in [2.45, 2.75) is 57.0 Å². The molecular formula is C29H30ClFN4O3. The van der Waals surface area contributed by atoms with Crippen molar-refractivity contribution in [2.75, 3.05) is 10.2 Å². The molecule has 0 radical (unpaired) electrons. The molecule has 1 fully saturated rings. The van der Waals surface area contributed by atoms with E-state index in [9.17, 15) is 18.8 Å². The molecule has 3 aromatic rings. The van der Waals surface area contributed by atoms with Gasteiger partial charge >= 0.3 is 0 Å². The zero-order valence-corrected chi connectivity index (χ0v) is 21.7. The zero-order chi connectivity index (χ0) is 26.9. The quantitative estimate of drug-likeness (QED) is 0.342. The van der Waals surface area contributed by atoms with E-state index in [4.69, 9.17) is 11.6 Å². The SMILES string of the molecule is O=C(CCCC(=O)N(c1ccc(F)cc1)C(C(=O)NC1CCCC1)c1ccc(Cl)cc1)Nc1ccccn1. The van der Waals surface area contributed by atoms with Gasteiger partial charge in [0.15, 0.2) is 0 Å². The Hall–Kier alpha value is -3.78. The molecular weight excluding hydrogens is 507 g/mol. The highest BCUT2D eigenvalue weighted by Gasteiger charge is 2.34. The number of benzene rings is 2. The van der Waals surface area contributed by atoms with Crippen molar-refractivity contribution >= 4 is 40.8 Å². The number of carbonyl (C=O) groups is 3. The van der Waals surface area contributed by atoms with Crippen molar-refractivity contribution in [1.29, 1.82) is 0 Å². The molecule has 0 aliphatic heterocycles. The second kappa shape index (κ2) is 13.1. The average molecular weight is 537 g/mol. The zero-order valence-electron chi connectivity index (χ0n) is 20.9. The summed E-state index contributed by atoms with van der Waals surface area (Å²) in [4.78, 5) is 45.2. The van der Waals surface area contributed by atoms with E-state index in [2.05, 4.69) is 15.6 Å². The summed E-state index contributed by atoms with van der Waals surface area (Å²) in [6.45, 7) is 0. The van der Waals surface area contributed by atoms with E-state index in [1.807, 2.05) is 0 Å². The molecule has 2 N–H and O–H groups in total. The van der Waals surface area contributed by atoms with Crippen molar-refractivity contribution in [3.8, 4) is 0 Å². The smallest absolute Gasteiger partial charge is 0.248 e. The van der Waals surface area contributed by atoms with Gasteiger partial charge in [-0.3, -0.25) is 19.3 Å². The van der Waals surface area contributed by atoms with Gasteiger partial charge < -0.3 is 10.6 Å². The number of nitrogens with zero attached hydrogens (tertiary/aromatic N) is 2. The normalized spacial score (nSPS) is 14.1. The van der Waals surface area contributed by atoms with Crippen LogP contribution in [0.25, 0.3) is 0 Å².